The Morgan fingerprint density at radius 1 is 1.04 bits per heavy atom. The minimum atomic E-state index is -3.81. The van der Waals surface area contributed by atoms with Crippen LogP contribution < -0.4 is 4.72 Å². The van der Waals surface area contributed by atoms with Crippen LogP contribution in [0.15, 0.2) is 60.0 Å². The predicted octanol–water partition coefficient (Wildman–Crippen LogP) is 2.66. The Hall–Kier alpha value is -2.48. The van der Waals surface area contributed by atoms with Crippen molar-refractivity contribution in [1.82, 2.24) is 4.72 Å². The summed E-state index contributed by atoms with van der Waals surface area (Å²) >= 11 is 5.88. The molecule has 0 amide bonds. The quantitative estimate of drug-likeness (QED) is 0.550. The molecule has 0 heterocycles. The van der Waals surface area contributed by atoms with Crippen LogP contribution in [0, 0.1) is 0 Å². The normalized spacial score (nSPS) is 11.4. The molecule has 0 unspecified atom stereocenters. The highest BCUT2D eigenvalue weighted by molar-refractivity contribution is 7.92. The van der Waals surface area contributed by atoms with Crippen LogP contribution in [-0.4, -0.2) is 33.3 Å². The van der Waals surface area contributed by atoms with Crippen LogP contribution in [0.3, 0.4) is 0 Å². The maximum atomic E-state index is 11.9. The van der Waals surface area contributed by atoms with E-state index in [2.05, 4.69) is 4.72 Å². The average molecular weight is 394 g/mol. The number of esters is 1. The van der Waals surface area contributed by atoms with Crippen molar-refractivity contribution >= 4 is 39.5 Å². The van der Waals surface area contributed by atoms with Crippen molar-refractivity contribution in [2.75, 3.05) is 13.2 Å². The van der Waals surface area contributed by atoms with Crippen molar-refractivity contribution in [1.29, 1.82) is 0 Å². The summed E-state index contributed by atoms with van der Waals surface area (Å²) in [6.07, 6.45) is 1.40. The highest BCUT2D eigenvalue weighted by Crippen LogP contribution is 2.15. The van der Waals surface area contributed by atoms with Gasteiger partial charge >= 0.3 is 5.97 Å². The number of nitrogens with one attached hydrogen (secondary N) is 1. The molecule has 2 aromatic rings. The molecule has 0 aromatic heterocycles. The van der Waals surface area contributed by atoms with Gasteiger partial charge in [-0.3, -0.25) is 9.59 Å². The lowest BCUT2D eigenvalue weighted by molar-refractivity contribution is -0.141. The Bertz CT molecular complexity index is 910. The molecule has 136 valence electrons. The lowest BCUT2D eigenvalue weighted by atomic mass is 10.1. The lowest BCUT2D eigenvalue weighted by Crippen LogP contribution is -2.30. The van der Waals surface area contributed by atoms with E-state index in [1.807, 2.05) is 6.07 Å². The number of benzene rings is 2. The molecule has 1 N–H and O–H groups in total. The molecule has 0 aliphatic heterocycles. The summed E-state index contributed by atoms with van der Waals surface area (Å²) in [6, 6.07) is 15.2. The van der Waals surface area contributed by atoms with Crippen molar-refractivity contribution in [3.63, 3.8) is 0 Å². The van der Waals surface area contributed by atoms with E-state index < -0.39 is 34.9 Å². The van der Waals surface area contributed by atoms with Gasteiger partial charge in [0.25, 0.3) is 0 Å². The number of ketones is 1. The first-order valence-electron chi connectivity index (χ1n) is 7.53. The van der Waals surface area contributed by atoms with Crippen molar-refractivity contribution < 1.29 is 22.7 Å². The fourth-order valence-electron chi connectivity index (χ4n) is 1.90. The number of carbonyl (C=O) groups excluding carboxylic acids is 2. The standard InChI is InChI=1S/C18H16ClNO5S/c19-16-9-5-4-8-15(16)17(21)13-25-18(22)12-20-26(23,24)11-10-14-6-2-1-3-7-14/h1-11,20H,12-13H2/b11-10+. The first-order valence-corrected chi connectivity index (χ1v) is 9.46. The molecular formula is C18H16ClNO5S. The number of ether oxygens (including phenoxy) is 1. The van der Waals surface area contributed by atoms with E-state index in [1.165, 1.54) is 12.1 Å². The molecule has 26 heavy (non-hydrogen) atoms. The van der Waals surface area contributed by atoms with Crippen LogP contribution in [0.25, 0.3) is 6.08 Å². The van der Waals surface area contributed by atoms with Crippen LogP contribution in [0.5, 0.6) is 0 Å². The van der Waals surface area contributed by atoms with Gasteiger partial charge in [0.05, 0.1) is 5.02 Å². The van der Waals surface area contributed by atoms with Gasteiger partial charge in [0.2, 0.25) is 15.8 Å². The van der Waals surface area contributed by atoms with Gasteiger partial charge in [-0.25, -0.2) is 13.1 Å². The summed E-state index contributed by atoms with van der Waals surface area (Å²) in [5.74, 6) is -1.35. The highest BCUT2D eigenvalue weighted by atomic mass is 35.5. The average Bonchev–Trinajstić information content (AvgIpc) is 2.64. The number of halogens is 1. The van der Waals surface area contributed by atoms with Crippen LogP contribution in [0.1, 0.15) is 15.9 Å². The smallest absolute Gasteiger partial charge is 0.321 e. The summed E-state index contributed by atoms with van der Waals surface area (Å²) in [6.45, 7) is -1.11. The summed E-state index contributed by atoms with van der Waals surface area (Å²) in [5.41, 5.74) is 0.930. The second kappa shape index (κ2) is 9.28. The summed E-state index contributed by atoms with van der Waals surface area (Å²) in [5, 5.41) is 1.20. The zero-order valence-corrected chi connectivity index (χ0v) is 15.2. The first-order chi connectivity index (χ1) is 12.4. The number of sulfonamides is 1. The summed E-state index contributed by atoms with van der Waals surface area (Å²) in [4.78, 5) is 23.5. The molecule has 0 bridgehead atoms. The fraction of sp³-hybridized carbons (Fsp3) is 0.111. The van der Waals surface area contributed by atoms with Crippen molar-refractivity contribution in [2.24, 2.45) is 0 Å². The maximum absolute atomic E-state index is 11.9. The van der Waals surface area contributed by atoms with E-state index in [1.54, 1.807) is 42.5 Å². The van der Waals surface area contributed by atoms with Crippen LogP contribution >= 0.6 is 11.6 Å². The Kier molecular flexibility index (Phi) is 7.08. The molecule has 0 saturated heterocycles. The Labute approximate surface area is 156 Å². The molecular weight excluding hydrogens is 378 g/mol. The van der Waals surface area contributed by atoms with E-state index in [-0.39, 0.29) is 10.6 Å². The minimum absolute atomic E-state index is 0.230. The number of Topliss-reactive ketones (excluding diaryl/α,β-unsaturated/α-hetero) is 1. The molecule has 6 nitrogen and oxygen atoms in total. The number of hydrogen-bond donors (Lipinski definition) is 1. The summed E-state index contributed by atoms with van der Waals surface area (Å²) < 4.78 is 30.5. The monoisotopic (exact) mass is 393 g/mol. The third-order valence-electron chi connectivity index (χ3n) is 3.20. The van der Waals surface area contributed by atoms with Gasteiger partial charge in [-0.2, -0.15) is 0 Å². The predicted molar refractivity (Wildman–Crippen MR) is 99.1 cm³/mol. The number of rotatable bonds is 8. The number of carbonyl (C=O) groups is 2. The SMILES string of the molecule is O=C(CNS(=O)(=O)/C=C/c1ccccc1)OCC(=O)c1ccccc1Cl. The van der Waals surface area contributed by atoms with E-state index >= 15 is 0 Å². The minimum Gasteiger partial charge on any atom is -0.456 e. The fourth-order valence-corrected chi connectivity index (χ4v) is 2.89. The Morgan fingerprint density at radius 3 is 2.38 bits per heavy atom. The zero-order valence-electron chi connectivity index (χ0n) is 13.6. The van der Waals surface area contributed by atoms with E-state index in [0.717, 1.165) is 5.41 Å². The summed E-state index contributed by atoms with van der Waals surface area (Å²) in [7, 11) is -3.81. The van der Waals surface area contributed by atoms with Gasteiger partial charge in [0.1, 0.15) is 6.54 Å². The van der Waals surface area contributed by atoms with Gasteiger partial charge in [-0.15, -0.1) is 0 Å². The third kappa shape index (κ3) is 6.44. The second-order valence-electron chi connectivity index (χ2n) is 5.14. The van der Waals surface area contributed by atoms with Crippen LogP contribution in [0.4, 0.5) is 0 Å². The Balaban J connectivity index is 1.82. The molecule has 0 saturated carbocycles. The zero-order chi connectivity index (χ0) is 19.0. The van der Waals surface area contributed by atoms with Crippen molar-refractivity contribution in [3.8, 4) is 0 Å². The van der Waals surface area contributed by atoms with Crippen LogP contribution in [-0.2, 0) is 19.6 Å². The molecule has 0 spiro atoms. The largest absolute Gasteiger partial charge is 0.456 e. The number of hydrogen-bond acceptors (Lipinski definition) is 5. The van der Waals surface area contributed by atoms with Gasteiger partial charge in [-0.1, -0.05) is 54.1 Å². The molecule has 0 fully saturated rings. The molecule has 2 aromatic carbocycles. The van der Waals surface area contributed by atoms with E-state index in [9.17, 15) is 18.0 Å². The third-order valence-corrected chi connectivity index (χ3v) is 4.57. The molecule has 8 heteroatoms. The molecule has 0 aliphatic carbocycles. The van der Waals surface area contributed by atoms with Crippen molar-refractivity contribution in [2.45, 2.75) is 0 Å². The van der Waals surface area contributed by atoms with Gasteiger partial charge in [0.15, 0.2) is 6.61 Å². The van der Waals surface area contributed by atoms with E-state index in [4.69, 9.17) is 16.3 Å². The molecule has 0 radical (unpaired) electrons. The maximum Gasteiger partial charge on any atom is 0.321 e. The van der Waals surface area contributed by atoms with Gasteiger partial charge in [0, 0.05) is 11.0 Å². The highest BCUT2D eigenvalue weighted by Gasteiger charge is 2.14. The topological polar surface area (TPSA) is 89.5 Å². The first kappa shape index (κ1) is 19.8. The molecule has 0 atom stereocenters. The Morgan fingerprint density at radius 2 is 1.69 bits per heavy atom. The van der Waals surface area contributed by atoms with Gasteiger partial charge < -0.3 is 4.74 Å². The second-order valence-corrected chi connectivity index (χ2v) is 7.20. The lowest BCUT2D eigenvalue weighted by Gasteiger charge is -2.06. The van der Waals surface area contributed by atoms with Crippen molar-refractivity contribution in [3.05, 3.63) is 76.2 Å². The molecule has 2 rings (SSSR count). The van der Waals surface area contributed by atoms with Gasteiger partial charge in [-0.05, 0) is 23.8 Å². The molecule has 0 aliphatic rings. The van der Waals surface area contributed by atoms with E-state index in [0.29, 0.717) is 5.56 Å². The van der Waals surface area contributed by atoms with Crippen LogP contribution in [0.2, 0.25) is 5.02 Å².